The number of carbonyl (C=O) groups excluding carboxylic acids is 2. The van der Waals surface area contributed by atoms with E-state index in [9.17, 15) is 9.59 Å². The Kier molecular flexibility index (Phi) is 4.37. The number of piperidine rings is 3. The van der Waals surface area contributed by atoms with Gasteiger partial charge < -0.3 is 15.1 Å². The molecule has 1 aromatic rings. The van der Waals surface area contributed by atoms with Gasteiger partial charge in [-0.2, -0.15) is 0 Å². The van der Waals surface area contributed by atoms with Crippen LogP contribution in [0.3, 0.4) is 0 Å². The average Bonchev–Trinajstić information content (AvgIpc) is 2.58. The van der Waals surface area contributed by atoms with Crippen LogP contribution in [0.4, 0.5) is 10.5 Å². The van der Waals surface area contributed by atoms with E-state index in [1.54, 1.807) is 0 Å². The molecule has 0 aromatic carbocycles. The Labute approximate surface area is 155 Å². The number of anilines is 1. The van der Waals surface area contributed by atoms with E-state index in [0.29, 0.717) is 30.2 Å². The van der Waals surface area contributed by atoms with Gasteiger partial charge in [0.25, 0.3) is 0 Å². The first-order valence-corrected chi connectivity index (χ1v) is 9.72. The molecule has 3 aliphatic rings. The van der Waals surface area contributed by atoms with Crippen molar-refractivity contribution in [1.29, 1.82) is 0 Å². The molecular weight excluding hydrogens is 328 g/mol. The second-order valence-corrected chi connectivity index (χ2v) is 8.24. The number of nitrogens with zero attached hydrogens (tertiary/aromatic N) is 3. The Hall–Kier alpha value is -2.11. The van der Waals surface area contributed by atoms with Gasteiger partial charge >= 0.3 is 6.03 Å². The third-order valence-electron chi connectivity index (χ3n) is 6.22. The minimum atomic E-state index is -0.0351. The molecule has 4 rings (SSSR count). The number of urea groups is 1. The van der Waals surface area contributed by atoms with Crippen molar-refractivity contribution in [3.63, 3.8) is 0 Å². The second-order valence-electron chi connectivity index (χ2n) is 8.24. The lowest BCUT2D eigenvalue weighted by atomic mass is 9.76. The maximum atomic E-state index is 12.9. The smallest absolute Gasteiger partial charge is 0.321 e. The number of amides is 3. The fourth-order valence-corrected chi connectivity index (χ4v) is 5.17. The SMILES string of the molecule is Cc1cc(C)c(NC(=O)N2CC3CC(C2)[C@@H]2CCCC(=O)N2C3)c(C)n1. The zero-order chi connectivity index (χ0) is 18.4. The molecule has 0 spiro atoms. The van der Waals surface area contributed by atoms with E-state index in [-0.39, 0.29) is 6.03 Å². The molecule has 0 aliphatic carbocycles. The summed E-state index contributed by atoms with van der Waals surface area (Å²) < 4.78 is 0. The summed E-state index contributed by atoms with van der Waals surface area (Å²) in [4.78, 5) is 33.7. The summed E-state index contributed by atoms with van der Waals surface area (Å²) in [6.07, 6.45) is 3.90. The van der Waals surface area contributed by atoms with Crippen molar-refractivity contribution >= 4 is 17.6 Å². The monoisotopic (exact) mass is 356 g/mol. The van der Waals surface area contributed by atoms with Crippen LogP contribution in [0, 0.1) is 32.6 Å². The number of aryl methyl sites for hydroxylation is 3. The van der Waals surface area contributed by atoms with Crippen molar-refractivity contribution in [3.8, 4) is 0 Å². The number of pyridine rings is 1. The fourth-order valence-electron chi connectivity index (χ4n) is 5.17. The van der Waals surface area contributed by atoms with E-state index in [0.717, 1.165) is 61.5 Å². The summed E-state index contributed by atoms with van der Waals surface area (Å²) in [6.45, 7) is 8.20. The summed E-state index contributed by atoms with van der Waals surface area (Å²) in [5, 5.41) is 3.09. The summed E-state index contributed by atoms with van der Waals surface area (Å²) in [5.74, 6) is 1.12. The van der Waals surface area contributed by atoms with Crippen LogP contribution >= 0.6 is 0 Å². The van der Waals surface area contributed by atoms with Gasteiger partial charge in [0.2, 0.25) is 5.91 Å². The highest BCUT2D eigenvalue weighted by Crippen LogP contribution is 2.38. The van der Waals surface area contributed by atoms with Crippen molar-refractivity contribution < 1.29 is 9.59 Å². The quantitative estimate of drug-likeness (QED) is 0.841. The van der Waals surface area contributed by atoms with Crippen LogP contribution in [0.2, 0.25) is 0 Å². The maximum Gasteiger partial charge on any atom is 0.321 e. The van der Waals surface area contributed by atoms with Gasteiger partial charge in [-0.25, -0.2) is 4.79 Å². The van der Waals surface area contributed by atoms with Crippen molar-refractivity contribution in [3.05, 3.63) is 23.0 Å². The molecule has 3 atom stereocenters. The Morgan fingerprint density at radius 2 is 2.04 bits per heavy atom. The molecule has 2 bridgehead atoms. The van der Waals surface area contributed by atoms with Gasteiger partial charge in [-0.15, -0.1) is 0 Å². The number of fused-ring (bicyclic) bond motifs is 4. The van der Waals surface area contributed by atoms with E-state index in [2.05, 4.69) is 15.2 Å². The Bertz CT molecular complexity index is 724. The normalized spacial score (nSPS) is 28.0. The molecule has 0 saturated carbocycles. The lowest BCUT2D eigenvalue weighted by Crippen LogP contribution is -2.61. The van der Waals surface area contributed by atoms with E-state index < -0.39 is 0 Å². The molecule has 2 unspecified atom stereocenters. The molecule has 3 amide bonds. The first kappa shape index (κ1) is 17.3. The lowest BCUT2D eigenvalue weighted by molar-refractivity contribution is -0.144. The summed E-state index contributed by atoms with van der Waals surface area (Å²) in [6, 6.07) is 2.29. The highest BCUT2D eigenvalue weighted by molar-refractivity contribution is 5.91. The van der Waals surface area contributed by atoms with E-state index in [1.807, 2.05) is 31.7 Å². The van der Waals surface area contributed by atoms with Crippen LogP contribution in [0.1, 0.15) is 42.6 Å². The largest absolute Gasteiger partial charge is 0.339 e. The zero-order valence-corrected chi connectivity index (χ0v) is 15.9. The van der Waals surface area contributed by atoms with E-state index in [1.165, 1.54) is 0 Å². The molecule has 6 heteroatoms. The van der Waals surface area contributed by atoms with Gasteiger partial charge in [0.05, 0.1) is 11.4 Å². The molecular formula is C20H28N4O2. The number of carbonyl (C=O) groups is 2. The van der Waals surface area contributed by atoms with Gasteiger partial charge in [0, 0.05) is 37.8 Å². The molecule has 3 saturated heterocycles. The van der Waals surface area contributed by atoms with Gasteiger partial charge in [0.1, 0.15) is 0 Å². The number of likely N-dealkylation sites (tertiary alicyclic amines) is 1. The Morgan fingerprint density at radius 1 is 1.23 bits per heavy atom. The second kappa shape index (κ2) is 6.56. The van der Waals surface area contributed by atoms with Crippen molar-refractivity contribution in [2.24, 2.45) is 11.8 Å². The Morgan fingerprint density at radius 3 is 2.81 bits per heavy atom. The summed E-state index contributed by atoms with van der Waals surface area (Å²) in [7, 11) is 0. The molecule has 1 aromatic heterocycles. The summed E-state index contributed by atoms with van der Waals surface area (Å²) in [5.41, 5.74) is 3.69. The molecule has 1 N–H and O–H groups in total. The fraction of sp³-hybridized carbons (Fsp3) is 0.650. The molecule has 3 fully saturated rings. The molecule has 3 aliphatic heterocycles. The molecule has 140 valence electrons. The number of hydrogen-bond acceptors (Lipinski definition) is 3. The van der Waals surface area contributed by atoms with Crippen molar-refractivity contribution in [2.45, 2.75) is 52.5 Å². The zero-order valence-electron chi connectivity index (χ0n) is 15.9. The number of aromatic nitrogens is 1. The van der Waals surface area contributed by atoms with Crippen molar-refractivity contribution in [2.75, 3.05) is 25.0 Å². The van der Waals surface area contributed by atoms with E-state index in [4.69, 9.17) is 0 Å². The highest BCUT2D eigenvalue weighted by Gasteiger charge is 2.44. The predicted octanol–water partition coefficient (Wildman–Crippen LogP) is 2.87. The molecule has 4 heterocycles. The number of rotatable bonds is 1. The molecule has 0 radical (unpaired) electrons. The Balaban J connectivity index is 1.48. The topological polar surface area (TPSA) is 65.5 Å². The van der Waals surface area contributed by atoms with Crippen LogP contribution in [0.5, 0.6) is 0 Å². The molecule has 6 nitrogen and oxygen atoms in total. The minimum Gasteiger partial charge on any atom is -0.339 e. The average molecular weight is 356 g/mol. The van der Waals surface area contributed by atoms with Crippen LogP contribution in [-0.4, -0.2) is 52.4 Å². The summed E-state index contributed by atoms with van der Waals surface area (Å²) >= 11 is 0. The van der Waals surface area contributed by atoms with Crippen LogP contribution < -0.4 is 5.32 Å². The van der Waals surface area contributed by atoms with Gasteiger partial charge in [0.15, 0.2) is 0 Å². The third kappa shape index (κ3) is 3.06. The van der Waals surface area contributed by atoms with Crippen LogP contribution in [0.15, 0.2) is 6.07 Å². The minimum absolute atomic E-state index is 0.0351. The van der Waals surface area contributed by atoms with Gasteiger partial charge in [-0.1, -0.05) is 0 Å². The van der Waals surface area contributed by atoms with Crippen molar-refractivity contribution in [1.82, 2.24) is 14.8 Å². The van der Waals surface area contributed by atoms with Crippen LogP contribution in [-0.2, 0) is 4.79 Å². The number of hydrogen-bond donors (Lipinski definition) is 1. The molecule has 26 heavy (non-hydrogen) atoms. The van der Waals surface area contributed by atoms with Crippen LogP contribution in [0.25, 0.3) is 0 Å². The van der Waals surface area contributed by atoms with Gasteiger partial charge in [-0.3, -0.25) is 9.78 Å². The van der Waals surface area contributed by atoms with Gasteiger partial charge in [-0.05, 0) is 63.5 Å². The highest BCUT2D eigenvalue weighted by atomic mass is 16.2. The third-order valence-corrected chi connectivity index (χ3v) is 6.22. The standard InChI is InChI=1S/C20H28N4O2/c1-12-7-13(2)21-14(3)19(12)22-20(26)23-9-15-8-16(11-23)17-5-4-6-18(25)24(17)10-15/h7,15-17H,4-6,8-11H2,1-3H3,(H,22,26)/t15?,16?,17-/m0/s1. The lowest BCUT2D eigenvalue weighted by Gasteiger charge is -2.52. The maximum absolute atomic E-state index is 12.9. The first-order valence-electron chi connectivity index (χ1n) is 9.72. The van der Waals surface area contributed by atoms with E-state index >= 15 is 0 Å². The first-order chi connectivity index (χ1) is 12.4. The number of nitrogens with one attached hydrogen (secondary N) is 1. The predicted molar refractivity (Wildman–Crippen MR) is 100.0 cm³/mol.